The van der Waals surface area contributed by atoms with Gasteiger partial charge in [-0.05, 0) is 43.0 Å². The molecule has 0 radical (unpaired) electrons. The third kappa shape index (κ3) is 4.98. The van der Waals surface area contributed by atoms with E-state index in [1.54, 1.807) is 11.1 Å². The van der Waals surface area contributed by atoms with Gasteiger partial charge in [-0.25, -0.2) is 0 Å². The highest BCUT2D eigenvalue weighted by atomic mass is 16.5. The normalized spacial score (nSPS) is 11.5. The van der Waals surface area contributed by atoms with Crippen LogP contribution in [0.2, 0.25) is 0 Å². The van der Waals surface area contributed by atoms with E-state index >= 15 is 0 Å². The van der Waals surface area contributed by atoms with E-state index in [1.807, 2.05) is 54.8 Å². The number of Topliss-reactive ketones (excluding diaryl/α,β-unsaturated/α-hetero) is 1. The predicted octanol–water partition coefficient (Wildman–Crippen LogP) is 5.07. The van der Waals surface area contributed by atoms with Crippen LogP contribution < -0.4 is 4.74 Å². The molecular formula is C26H32N2O3. The zero-order valence-corrected chi connectivity index (χ0v) is 19.1. The van der Waals surface area contributed by atoms with Crippen LogP contribution in [0.25, 0.3) is 10.9 Å². The molecule has 0 spiro atoms. The first-order valence-electron chi connectivity index (χ1n) is 10.9. The standard InChI is InChI=1S/C26H32N2O3/c1-6-27(7-2)25(30)24(29)22-18-28(23-11-9-8-10-21(22)23)16-17-31-20-14-12-19(13-15-20)26(3,4)5/h8-15,18H,6-7,16-17H2,1-5H3. The van der Waals surface area contributed by atoms with Crippen LogP contribution in [-0.2, 0) is 16.8 Å². The Morgan fingerprint density at radius 1 is 0.968 bits per heavy atom. The second-order valence-electron chi connectivity index (χ2n) is 8.68. The fraction of sp³-hybridized carbons (Fsp3) is 0.385. The van der Waals surface area contributed by atoms with E-state index in [0.29, 0.717) is 31.8 Å². The number of rotatable bonds is 8. The van der Waals surface area contributed by atoms with Gasteiger partial charge in [0.25, 0.3) is 11.7 Å². The first-order chi connectivity index (χ1) is 14.8. The molecule has 0 aliphatic carbocycles. The highest BCUT2D eigenvalue weighted by Gasteiger charge is 2.24. The van der Waals surface area contributed by atoms with Gasteiger partial charge in [-0.1, -0.05) is 51.1 Å². The number of ketones is 1. The highest BCUT2D eigenvalue weighted by molar-refractivity contribution is 6.44. The van der Waals surface area contributed by atoms with Crippen LogP contribution in [0.15, 0.2) is 54.7 Å². The molecule has 0 aliphatic rings. The van der Waals surface area contributed by atoms with Gasteiger partial charge in [-0.2, -0.15) is 0 Å². The van der Waals surface area contributed by atoms with Crippen molar-refractivity contribution in [3.05, 3.63) is 65.9 Å². The summed E-state index contributed by atoms with van der Waals surface area (Å²) in [5.41, 5.74) is 2.73. The van der Waals surface area contributed by atoms with Crippen LogP contribution in [0.3, 0.4) is 0 Å². The number of carbonyl (C=O) groups excluding carboxylic acids is 2. The molecule has 0 aliphatic heterocycles. The van der Waals surface area contributed by atoms with Gasteiger partial charge in [-0.15, -0.1) is 0 Å². The summed E-state index contributed by atoms with van der Waals surface area (Å²) in [6, 6.07) is 15.8. The second kappa shape index (κ2) is 9.38. The fourth-order valence-corrected chi connectivity index (χ4v) is 3.70. The number of likely N-dealkylation sites (N-methyl/N-ethyl adjacent to an activating group) is 1. The van der Waals surface area contributed by atoms with Crippen LogP contribution >= 0.6 is 0 Å². The average molecular weight is 421 g/mol. The maximum atomic E-state index is 12.9. The van der Waals surface area contributed by atoms with E-state index in [4.69, 9.17) is 4.74 Å². The molecule has 5 heteroatoms. The summed E-state index contributed by atoms with van der Waals surface area (Å²) >= 11 is 0. The van der Waals surface area contributed by atoms with Crippen LogP contribution in [0, 0.1) is 0 Å². The van der Waals surface area contributed by atoms with E-state index in [0.717, 1.165) is 16.7 Å². The molecule has 0 saturated heterocycles. The molecule has 0 N–H and O–H groups in total. The molecule has 0 atom stereocenters. The molecule has 5 nitrogen and oxygen atoms in total. The zero-order chi connectivity index (χ0) is 22.6. The molecule has 0 bridgehead atoms. The Morgan fingerprint density at radius 2 is 1.61 bits per heavy atom. The van der Waals surface area contributed by atoms with Gasteiger partial charge < -0.3 is 14.2 Å². The van der Waals surface area contributed by atoms with Crippen molar-refractivity contribution in [3.63, 3.8) is 0 Å². The quantitative estimate of drug-likeness (QED) is 0.378. The van der Waals surface area contributed by atoms with Crippen molar-refractivity contribution in [2.75, 3.05) is 19.7 Å². The van der Waals surface area contributed by atoms with Gasteiger partial charge in [-0.3, -0.25) is 9.59 Å². The Bertz CT molecular complexity index is 1050. The van der Waals surface area contributed by atoms with Crippen LogP contribution in [0.1, 0.15) is 50.5 Å². The molecule has 0 unspecified atom stereocenters. The van der Waals surface area contributed by atoms with Gasteiger partial charge in [0.05, 0.1) is 12.1 Å². The van der Waals surface area contributed by atoms with Crippen molar-refractivity contribution in [1.82, 2.24) is 9.47 Å². The number of hydrogen-bond acceptors (Lipinski definition) is 3. The minimum Gasteiger partial charge on any atom is -0.492 e. The lowest BCUT2D eigenvalue weighted by molar-refractivity contribution is -0.126. The Morgan fingerprint density at radius 3 is 2.23 bits per heavy atom. The number of hydrogen-bond donors (Lipinski definition) is 0. The first-order valence-corrected chi connectivity index (χ1v) is 10.9. The lowest BCUT2D eigenvalue weighted by Gasteiger charge is -2.19. The fourth-order valence-electron chi connectivity index (χ4n) is 3.70. The number of aromatic nitrogens is 1. The summed E-state index contributed by atoms with van der Waals surface area (Å²) in [7, 11) is 0. The summed E-state index contributed by atoms with van der Waals surface area (Å²) in [5.74, 6) is -0.0992. The first kappa shape index (κ1) is 22.6. The van der Waals surface area contributed by atoms with Crippen molar-refractivity contribution >= 4 is 22.6 Å². The summed E-state index contributed by atoms with van der Waals surface area (Å²) in [4.78, 5) is 27.1. The number of nitrogens with zero attached hydrogens (tertiary/aromatic N) is 2. The summed E-state index contributed by atoms with van der Waals surface area (Å²) in [5, 5.41) is 0.794. The summed E-state index contributed by atoms with van der Waals surface area (Å²) in [6.45, 7) is 12.4. The van der Waals surface area contributed by atoms with E-state index < -0.39 is 11.7 Å². The lowest BCUT2D eigenvalue weighted by Crippen LogP contribution is -2.36. The largest absolute Gasteiger partial charge is 0.492 e. The molecule has 0 saturated carbocycles. The monoisotopic (exact) mass is 420 g/mol. The summed E-state index contributed by atoms with van der Waals surface area (Å²) < 4.78 is 7.92. The van der Waals surface area contributed by atoms with Gasteiger partial charge in [0.15, 0.2) is 0 Å². The molecule has 31 heavy (non-hydrogen) atoms. The number of carbonyl (C=O) groups is 2. The third-order valence-electron chi connectivity index (χ3n) is 5.60. The Balaban J connectivity index is 1.76. The van der Waals surface area contributed by atoms with Crippen molar-refractivity contribution in [1.29, 1.82) is 0 Å². The molecule has 1 amide bonds. The number of amides is 1. The SMILES string of the molecule is CCN(CC)C(=O)C(=O)c1cn(CCOc2ccc(C(C)(C)C)cc2)c2ccccc12. The molecule has 3 aromatic rings. The zero-order valence-electron chi connectivity index (χ0n) is 19.1. The van der Waals surface area contributed by atoms with Gasteiger partial charge >= 0.3 is 0 Å². The van der Waals surface area contributed by atoms with E-state index in [2.05, 4.69) is 32.9 Å². The van der Waals surface area contributed by atoms with Crippen molar-refractivity contribution in [2.45, 2.75) is 46.6 Å². The molecule has 1 aromatic heterocycles. The molecular weight excluding hydrogens is 388 g/mol. The molecule has 1 heterocycles. The lowest BCUT2D eigenvalue weighted by atomic mass is 9.87. The Kier molecular flexibility index (Phi) is 6.84. The van der Waals surface area contributed by atoms with Gasteiger partial charge in [0, 0.05) is 30.2 Å². The van der Waals surface area contributed by atoms with E-state index in [1.165, 1.54) is 5.56 Å². The van der Waals surface area contributed by atoms with Gasteiger partial charge in [0.2, 0.25) is 0 Å². The van der Waals surface area contributed by atoms with E-state index in [9.17, 15) is 9.59 Å². The van der Waals surface area contributed by atoms with Crippen LogP contribution in [0.5, 0.6) is 5.75 Å². The molecule has 2 aromatic carbocycles. The van der Waals surface area contributed by atoms with Crippen molar-refractivity contribution in [2.24, 2.45) is 0 Å². The number of para-hydroxylation sites is 1. The molecule has 0 fully saturated rings. The topological polar surface area (TPSA) is 51.5 Å². The van der Waals surface area contributed by atoms with Crippen molar-refractivity contribution < 1.29 is 14.3 Å². The second-order valence-corrected chi connectivity index (χ2v) is 8.68. The highest BCUT2D eigenvalue weighted by Crippen LogP contribution is 2.25. The maximum absolute atomic E-state index is 12.9. The average Bonchev–Trinajstić information content (AvgIpc) is 3.12. The summed E-state index contributed by atoms with van der Waals surface area (Å²) in [6.07, 6.45) is 1.78. The minimum absolute atomic E-state index is 0.105. The number of fused-ring (bicyclic) bond motifs is 1. The number of ether oxygens (including phenoxy) is 1. The van der Waals surface area contributed by atoms with Crippen LogP contribution in [0.4, 0.5) is 0 Å². The Hall–Kier alpha value is -3.08. The molecule has 164 valence electrons. The minimum atomic E-state index is -0.461. The predicted molar refractivity (Wildman–Crippen MR) is 125 cm³/mol. The Labute approximate surface area is 184 Å². The third-order valence-corrected chi connectivity index (χ3v) is 5.60. The van der Waals surface area contributed by atoms with Gasteiger partial charge in [0.1, 0.15) is 12.4 Å². The molecule has 3 rings (SSSR count). The van der Waals surface area contributed by atoms with Crippen molar-refractivity contribution in [3.8, 4) is 5.75 Å². The number of benzene rings is 2. The van der Waals surface area contributed by atoms with Crippen LogP contribution in [-0.4, -0.2) is 40.9 Å². The smallest absolute Gasteiger partial charge is 0.295 e. The maximum Gasteiger partial charge on any atom is 0.295 e. The van der Waals surface area contributed by atoms with E-state index in [-0.39, 0.29) is 5.41 Å².